The van der Waals surface area contributed by atoms with E-state index in [0.717, 1.165) is 30.9 Å². The zero-order valence-electron chi connectivity index (χ0n) is 9.35. The molecule has 0 aromatic carbocycles. The molecule has 5 heteroatoms. The van der Waals surface area contributed by atoms with Gasteiger partial charge in [-0.05, 0) is 25.8 Å². The topological polar surface area (TPSA) is 55.1 Å². The molecule has 2 aromatic rings. The Kier molecular flexibility index (Phi) is 2.14. The van der Waals surface area contributed by atoms with Crippen molar-refractivity contribution in [3.05, 3.63) is 24.4 Å². The van der Waals surface area contributed by atoms with E-state index in [1.807, 2.05) is 10.5 Å². The number of hydrogen-bond acceptors (Lipinski definition) is 4. The third kappa shape index (κ3) is 1.24. The third-order valence-corrected chi connectivity index (χ3v) is 3.49. The fourth-order valence-corrected chi connectivity index (χ4v) is 2.53. The van der Waals surface area contributed by atoms with E-state index in [0.29, 0.717) is 0 Å². The Morgan fingerprint density at radius 3 is 3.19 bits per heavy atom. The number of nitrogens with zero attached hydrogens (tertiary/aromatic N) is 4. The number of nitrogens with one attached hydrogen (secondary N) is 1. The lowest BCUT2D eigenvalue weighted by Gasteiger charge is -2.25. The Morgan fingerprint density at radius 1 is 1.50 bits per heavy atom. The molecule has 0 bridgehead atoms. The highest BCUT2D eigenvalue weighted by molar-refractivity contribution is 5.36. The van der Waals surface area contributed by atoms with Gasteiger partial charge in [-0.3, -0.25) is 4.40 Å². The molecule has 84 valence electrons. The summed E-state index contributed by atoms with van der Waals surface area (Å²) in [5, 5.41) is 12.1. The van der Waals surface area contributed by atoms with Gasteiger partial charge in [0, 0.05) is 12.3 Å². The number of hydrogen-bond donors (Lipinski definition) is 1. The molecule has 0 aliphatic carbocycles. The number of aromatic nitrogens is 4. The Balaban J connectivity index is 2.17. The molecule has 1 fully saturated rings. The van der Waals surface area contributed by atoms with Gasteiger partial charge < -0.3 is 5.32 Å². The highest BCUT2D eigenvalue weighted by atomic mass is 15.3. The van der Waals surface area contributed by atoms with Crippen molar-refractivity contribution in [3.63, 3.8) is 0 Å². The zero-order chi connectivity index (χ0) is 11.0. The first-order chi connectivity index (χ1) is 7.86. The standard InChI is InChI=1S/C11H15N5/c1-2-11(5-3-6-13-11)10-15-14-9-4-7-12-8-16(9)10/h4,7-8,13H,2-3,5-6H2,1H3. The largest absolute Gasteiger partial charge is 0.305 e. The Morgan fingerprint density at radius 2 is 2.44 bits per heavy atom. The van der Waals surface area contributed by atoms with Gasteiger partial charge in [-0.15, -0.1) is 10.2 Å². The monoisotopic (exact) mass is 217 g/mol. The second-order valence-corrected chi connectivity index (χ2v) is 4.30. The van der Waals surface area contributed by atoms with Crippen molar-refractivity contribution in [1.82, 2.24) is 24.9 Å². The van der Waals surface area contributed by atoms with Crippen molar-refractivity contribution >= 4 is 5.65 Å². The molecule has 1 aliphatic heterocycles. The van der Waals surface area contributed by atoms with Crippen LogP contribution >= 0.6 is 0 Å². The molecule has 1 aliphatic rings. The molecule has 0 spiro atoms. The van der Waals surface area contributed by atoms with Gasteiger partial charge in [-0.25, -0.2) is 4.98 Å². The molecule has 2 aromatic heterocycles. The minimum Gasteiger partial charge on any atom is -0.305 e. The molecule has 0 amide bonds. The van der Waals surface area contributed by atoms with E-state index in [2.05, 4.69) is 27.4 Å². The molecule has 1 saturated heterocycles. The molecular weight excluding hydrogens is 202 g/mol. The normalized spacial score (nSPS) is 25.3. The van der Waals surface area contributed by atoms with Gasteiger partial charge in [-0.2, -0.15) is 0 Å². The van der Waals surface area contributed by atoms with Crippen molar-refractivity contribution in [2.45, 2.75) is 31.7 Å². The summed E-state index contributed by atoms with van der Waals surface area (Å²) < 4.78 is 1.99. The summed E-state index contributed by atoms with van der Waals surface area (Å²) >= 11 is 0. The molecule has 0 saturated carbocycles. The molecule has 16 heavy (non-hydrogen) atoms. The van der Waals surface area contributed by atoms with Crippen LogP contribution in [0.3, 0.4) is 0 Å². The predicted octanol–water partition coefficient (Wildman–Crippen LogP) is 1.11. The minimum absolute atomic E-state index is 0.0115. The second-order valence-electron chi connectivity index (χ2n) is 4.30. The van der Waals surface area contributed by atoms with E-state index in [-0.39, 0.29) is 5.54 Å². The first-order valence-electron chi connectivity index (χ1n) is 5.76. The van der Waals surface area contributed by atoms with Gasteiger partial charge in [0.05, 0.1) is 5.54 Å². The van der Waals surface area contributed by atoms with Crippen LogP contribution in [0.25, 0.3) is 5.65 Å². The van der Waals surface area contributed by atoms with E-state index >= 15 is 0 Å². The zero-order valence-corrected chi connectivity index (χ0v) is 9.35. The van der Waals surface area contributed by atoms with Crippen molar-refractivity contribution < 1.29 is 0 Å². The lowest BCUT2D eigenvalue weighted by Crippen LogP contribution is -2.38. The van der Waals surface area contributed by atoms with Crippen LogP contribution in [0.1, 0.15) is 32.0 Å². The van der Waals surface area contributed by atoms with Crippen LogP contribution in [0.2, 0.25) is 0 Å². The summed E-state index contributed by atoms with van der Waals surface area (Å²) in [6, 6.07) is 1.88. The predicted molar refractivity (Wildman–Crippen MR) is 60.0 cm³/mol. The molecule has 1 atom stereocenters. The van der Waals surface area contributed by atoms with E-state index < -0.39 is 0 Å². The summed E-state index contributed by atoms with van der Waals surface area (Å²) in [7, 11) is 0. The van der Waals surface area contributed by atoms with E-state index in [1.165, 1.54) is 6.42 Å². The van der Waals surface area contributed by atoms with Gasteiger partial charge in [0.1, 0.15) is 6.33 Å². The van der Waals surface area contributed by atoms with Crippen molar-refractivity contribution in [3.8, 4) is 0 Å². The average molecular weight is 217 g/mol. The van der Waals surface area contributed by atoms with Gasteiger partial charge in [0.15, 0.2) is 11.5 Å². The SMILES string of the molecule is CCC1(c2nnc3ccncn23)CCCN1. The van der Waals surface area contributed by atoms with Crippen LogP contribution in [0.15, 0.2) is 18.6 Å². The summed E-state index contributed by atoms with van der Waals surface area (Å²) in [4.78, 5) is 4.14. The second kappa shape index (κ2) is 3.52. The van der Waals surface area contributed by atoms with Gasteiger partial charge in [0.25, 0.3) is 0 Å². The maximum Gasteiger partial charge on any atom is 0.163 e. The quantitative estimate of drug-likeness (QED) is 0.818. The van der Waals surface area contributed by atoms with Crippen LogP contribution in [0, 0.1) is 0 Å². The Bertz CT molecular complexity index is 498. The number of rotatable bonds is 2. The molecular formula is C11H15N5. The summed E-state index contributed by atoms with van der Waals surface area (Å²) in [6.45, 7) is 3.25. The smallest absolute Gasteiger partial charge is 0.163 e. The van der Waals surface area contributed by atoms with Crippen molar-refractivity contribution in [1.29, 1.82) is 0 Å². The Labute approximate surface area is 93.9 Å². The molecule has 1 unspecified atom stereocenters. The maximum atomic E-state index is 4.33. The van der Waals surface area contributed by atoms with Crippen LogP contribution in [0.5, 0.6) is 0 Å². The average Bonchev–Trinajstić information content (AvgIpc) is 2.96. The highest BCUT2D eigenvalue weighted by Gasteiger charge is 2.37. The van der Waals surface area contributed by atoms with Crippen molar-refractivity contribution in [2.75, 3.05) is 6.54 Å². The molecule has 5 nitrogen and oxygen atoms in total. The van der Waals surface area contributed by atoms with Gasteiger partial charge in [-0.1, -0.05) is 6.92 Å². The fraction of sp³-hybridized carbons (Fsp3) is 0.545. The fourth-order valence-electron chi connectivity index (χ4n) is 2.53. The summed E-state index contributed by atoms with van der Waals surface area (Å²) in [5.41, 5.74) is 0.856. The van der Waals surface area contributed by atoms with E-state index in [4.69, 9.17) is 0 Å². The first kappa shape index (κ1) is 9.72. The molecule has 1 N–H and O–H groups in total. The lowest BCUT2D eigenvalue weighted by atomic mass is 9.93. The molecule has 3 heterocycles. The summed E-state index contributed by atoms with van der Waals surface area (Å²) in [6.07, 6.45) is 6.89. The van der Waals surface area contributed by atoms with E-state index in [9.17, 15) is 0 Å². The Hall–Kier alpha value is -1.49. The van der Waals surface area contributed by atoms with Crippen LogP contribution in [-0.4, -0.2) is 26.1 Å². The van der Waals surface area contributed by atoms with Gasteiger partial charge >= 0.3 is 0 Å². The third-order valence-electron chi connectivity index (χ3n) is 3.49. The summed E-state index contributed by atoms with van der Waals surface area (Å²) in [5.74, 6) is 0.996. The van der Waals surface area contributed by atoms with E-state index in [1.54, 1.807) is 12.5 Å². The number of fused-ring (bicyclic) bond motifs is 1. The first-order valence-corrected chi connectivity index (χ1v) is 5.76. The van der Waals surface area contributed by atoms with Crippen LogP contribution in [0.4, 0.5) is 0 Å². The van der Waals surface area contributed by atoms with Gasteiger partial charge in [0.2, 0.25) is 0 Å². The maximum absolute atomic E-state index is 4.33. The van der Waals surface area contributed by atoms with Crippen LogP contribution < -0.4 is 5.32 Å². The molecule has 3 rings (SSSR count). The highest BCUT2D eigenvalue weighted by Crippen LogP contribution is 2.32. The minimum atomic E-state index is -0.0115. The molecule has 0 radical (unpaired) electrons. The van der Waals surface area contributed by atoms with Crippen molar-refractivity contribution in [2.24, 2.45) is 0 Å². The lowest BCUT2D eigenvalue weighted by molar-refractivity contribution is 0.349. The van der Waals surface area contributed by atoms with Crippen LogP contribution in [-0.2, 0) is 5.54 Å².